The molecule has 0 aliphatic heterocycles. The second kappa shape index (κ2) is 4.45. The fourth-order valence-electron chi connectivity index (χ4n) is 0.689. The third kappa shape index (κ3) is 6.16. The molecule has 0 aromatic heterocycles. The Morgan fingerprint density at radius 2 is 1.92 bits per heavy atom. The average Bonchev–Trinajstić information content (AvgIpc) is 1.82. The monoisotopic (exact) mass is 185 g/mol. The molecule has 0 radical (unpaired) electrons. The number of hydrogen-bond acceptors (Lipinski definition) is 2. The lowest BCUT2D eigenvalue weighted by atomic mass is 10.4. The molecule has 70 valence electrons. The highest BCUT2D eigenvalue weighted by atomic mass is 28.4. The van der Waals surface area contributed by atoms with Crippen LogP contribution in [0.1, 0.15) is 13.8 Å². The summed E-state index contributed by atoms with van der Waals surface area (Å²) in [6.45, 7) is 14.1. The van der Waals surface area contributed by atoms with E-state index in [1.807, 2.05) is 13.8 Å². The molecule has 12 heavy (non-hydrogen) atoms. The maximum atomic E-state index is 5.67. The van der Waals surface area contributed by atoms with Gasteiger partial charge in [0.15, 0.2) is 5.90 Å². The molecule has 0 aliphatic rings. The molecule has 0 fully saturated rings. The van der Waals surface area contributed by atoms with Crippen LogP contribution in [-0.4, -0.2) is 20.3 Å². The van der Waals surface area contributed by atoms with Crippen molar-refractivity contribution in [2.24, 2.45) is 4.99 Å². The first-order valence-corrected chi connectivity index (χ1v) is 7.65. The lowest BCUT2D eigenvalue weighted by molar-refractivity contribution is 0.547. The Morgan fingerprint density at radius 3 is 2.17 bits per heavy atom. The minimum Gasteiger partial charge on any atom is -0.532 e. The molecule has 0 aliphatic carbocycles. The van der Waals surface area contributed by atoms with Crippen LogP contribution in [0.3, 0.4) is 0 Å². The Morgan fingerprint density at radius 1 is 1.42 bits per heavy atom. The molecule has 0 bridgehead atoms. The largest absolute Gasteiger partial charge is 0.532 e. The van der Waals surface area contributed by atoms with Gasteiger partial charge in [-0.25, -0.2) is 0 Å². The van der Waals surface area contributed by atoms with Crippen LogP contribution in [0.15, 0.2) is 17.6 Å². The van der Waals surface area contributed by atoms with E-state index in [-0.39, 0.29) is 6.04 Å². The van der Waals surface area contributed by atoms with Crippen molar-refractivity contribution in [3.63, 3.8) is 0 Å². The minimum absolute atomic E-state index is 0.273. The third-order valence-electron chi connectivity index (χ3n) is 0.971. The number of nitrogens with zero attached hydrogens (tertiary/aromatic N) is 1. The number of rotatable bonds is 3. The molecule has 0 N–H and O–H groups in total. The van der Waals surface area contributed by atoms with Gasteiger partial charge in [-0.15, -0.1) is 0 Å². The van der Waals surface area contributed by atoms with Crippen molar-refractivity contribution in [3.8, 4) is 0 Å². The maximum Gasteiger partial charge on any atom is 0.244 e. The zero-order valence-corrected chi connectivity index (χ0v) is 9.72. The molecule has 0 aromatic rings. The van der Waals surface area contributed by atoms with Gasteiger partial charge in [0.25, 0.3) is 0 Å². The molecule has 0 saturated carbocycles. The summed E-state index contributed by atoms with van der Waals surface area (Å²) in [5.74, 6) is 0.684. The molecule has 0 saturated heterocycles. The van der Waals surface area contributed by atoms with Crippen molar-refractivity contribution >= 4 is 14.2 Å². The third-order valence-corrected chi connectivity index (χ3v) is 1.79. The lowest BCUT2D eigenvalue weighted by Crippen LogP contribution is -2.28. The van der Waals surface area contributed by atoms with Gasteiger partial charge < -0.3 is 4.43 Å². The van der Waals surface area contributed by atoms with Gasteiger partial charge in [-0.3, -0.25) is 4.99 Å². The normalized spacial score (nSPS) is 13.3. The van der Waals surface area contributed by atoms with E-state index in [1.165, 1.54) is 0 Å². The first-order valence-electron chi connectivity index (χ1n) is 4.24. The second-order valence-corrected chi connectivity index (χ2v) is 8.41. The highest BCUT2D eigenvalue weighted by Gasteiger charge is 2.17. The number of aliphatic imine (C=N–C) groups is 1. The van der Waals surface area contributed by atoms with E-state index in [2.05, 4.69) is 31.2 Å². The van der Waals surface area contributed by atoms with Crippen molar-refractivity contribution in [1.29, 1.82) is 0 Å². The molecule has 0 atom stereocenters. The van der Waals surface area contributed by atoms with Crippen LogP contribution in [0.25, 0.3) is 0 Å². The lowest BCUT2D eigenvalue weighted by Gasteiger charge is -2.19. The molecule has 0 amide bonds. The van der Waals surface area contributed by atoms with Crippen LogP contribution < -0.4 is 0 Å². The summed E-state index contributed by atoms with van der Waals surface area (Å²) in [4.78, 5) is 4.29. The Kier molecular flexibility index (Phi) is 4.24. The smallest absolute Gasteiger partial charge is 0.244 e. The summed E-state index contributed by atoms with van der Waals surface area (Å²) >= 11 is 0. The summed E-state index contributed by atoms with van der Waals surface area (Å²) < 4.78 is 5.67. The van der Waals surface area contributed by atoms with Gasteiger partial charge >= 0.3 is 0 Å². The van der Waals surface area contributed by atoms with Crippen LogP contribution in [0.5, 0.6) is 0 Å². The average molecular weight is 185 g/mol. The van der Waals surface area contributed by atoms with E-state index < -0.39 is 8.32 Å². The summed E-state index contributed by atoms with van der Waals surface area (Å²) in [7, 11) is -1.51. The van der Waals surface area contributed by atoms with Crippen LogP contribution >= 0.6 is 0 Å². The SMILES string of the molecule is C=CC(=NC(C)C)O[Si](C)(C)C. The predicted molar refractivity (Wildman–Crippen MR) is 57.2 cm³/mol. The van der Waals surface area contributed by atoms with Crippen LogP contribution in [-0.2, 0) is 4.43 Å². The molecular formula is C9H19NOSi. The van der Waals surface area contributed by atoms with E-state index in [4.69, 9.17) is 4.43 Å². The van der Waals surface area contributed by atoms with Gasteiger partial charge in [0.1, 0.15) is 0 Å². The fraction of sp³-hybridized carbons (Fsp3) is 0.667. The van der Waals surface area contributed by atoms with Crippen molar-refractivity contribution in [2.45, 2.75) is 39.5 Å². The summed E-state index contributed by atoms with van der Waals surface area (Å²) in [6.07, 6.45) is 1.68. The van der Waals surface area contributed by atoms with Crippen LogP contribution in [0.2, 0.25) is 19.6 Å². The first kappa shape index (κ1) is 11.4. The van der Waals surface area contributed by atoms with Crippen molar-refractivity contribution in [2.75, 3.05) is 0 Å². The molecule has 0 heterocycles. The maximum absolute atomic E-state index is 5.67. The van der Waals surface area contributed by atoms with Crippen molar-refractivity contribution in [1.82, 2.24) is 0 Å². The molecule has 3 heteroatoms. The zero-order chi connectivity index (χ0) is 9.78. The molecule has 2 nitrogen and oxygen atoms in total. The van der Waals surface area contributed by atoms with Gasteiger partial charge in [-0.05, 0) is 39.6 Å². The number of hydrogen-bond donors (Lipinski definition) is 0. The quantitative estimate of drug-likeness (QED) is 0.376. The van der Waals surface area contributed by atoms with Crippen molar-refractivity contribution < 1.29 is 4.43 Å². The van der Waals surface area contributed by atoms with Crippen LogP contribution in [0, 0.1) is 0 Å². The molecule has 0 rings (SSSR count). The van der Waals surface area contributed by atoms with Gasteiger partial charge in [-0.1, -0.05) is 6.58 Å². The highest BCUT2D eigenvalue weighted by molar-refractivity contribution is 6.71. The summed E-state index contributed by atoms with van der Waals surface area (Å²) in [5.41, 5.74) is 0. The van der Waals surface area contributed by atoms with Gasteiger partial charge in [-0.2, -0.15) is 0 Å². The Balaban J connectivity index is 4.28. The van der Waals surface area contributed by atoms with Gasteiger partial charge in [0, 0.05) is 6.04 Å². The van der Waals surface area contributed by atoms with E-state index in [0.717, 1.165) is 0 Å². The highest BCUT2D eigenvalue weighted by Crippen LogP contribution is 2.05. The Bertz CT molecular complexity index is 179. The Labute approximate surface area is 76.5 Å². The molecular weight excluding hydrogens is 166 g/mol. The Hall–Kier alpha value is -0.573. The first-order chi connectivity index (χ1) is 5.35. The van der Waals surface area contributed by atoms with E-state index in [9.17, 15) is 0 Å². The second-order valence-electron chi connectivity index (χ2n) is 3.98. The van der Waals surface area contributed by atoms with Gasteiger partial charge in [0.2, 0.25) is 8.32 Å². The zero-order valence-electron chi connectivity index (χ0n) is 8.72. The van der Waals surface area contributed by atoms with E-state index in [0.29, 0.717) is 5.90 Å². The summed E-state index contributed by atoms with van der Waals surface area (Å²) in [5, 5.41) is 0. The molecule has 0 aromatic carbocycles. The fourth-order valence-corrected chi connectivity index (χ4v) is 1.45. The van der Waals surface area contributed by atoms with Crippen LogP contribution in [0.4, 0.5) is 0 Å². The van der Waals surface area contributed by atoms with Gasteiger partial charge in [0.05, 0.1) is 0 Å². The molecule has 0 unspecified atom stereocenters. The van der Waals surface area contributed by atoms with E-state index in [1.54, 1.807) is 6.08 Å². The van der Waals surface area contributed by atoms with E-state index >= 15 is 0 Å². The minimum atomic E-state index is -1.51. The summed E-state index contributed by atoms with van der Waals surface area (Å²) in [6, 6.07) is 0.273. The predicted octanol–water partition coefficient (Wildman–Crippen LogP) is 2.83. The standard InChI is InChI=1S/C9H19NOSi/c1-7-9(10-8(2)3)11-12(4,5)6/h7-8H,1H2,2-6H3. The topological polar surface area (TPSA) is 21.6 Å². The van der Waals surface area contributed by atoms with Crippen molar-refractivity contribution in [3.05, 3.63) is 12.7 Å². The molecule has 0 spiro atoms.